The number of hydrogen-bond acceptors (Lipinski definition) is 4. The van der Waals surface area contributed by atoms with Crippen LogP contribution in [0.25, 0.3) is 5.57 Å². The number of allylic oxidation sites excluding steroid dienone is 1. The number of halogens is 2. The van der Waals surface area contributed by atoms with E-state index in [4.69, 9.17) is 27.9 Å². The van der Waals surface area contributed by atoms with Crippen molar-refractivity contribution in [3.63, 3.8) is 0 Å². The number of carbonyl (C=O) groups is 1. The minimum atomic E-state index is -0.382. The molecule has 0 saturated carbocycles. The molecule has 5 nitrogen and oxygen atoms in total. The van der Waals surface area contributed by atoms with Crippen LogP contribution in [-0.4, -0.2) is 31.3 Å². The van der Waals surface area contributed by atoms with E-state index >= 15 is 0 Å². The molecule has 2 aromatic carbocycles. The maximum Gasteiger partial charge on any atom is 0.277 e. The first-order valence-electron chi connectivity index (χ1n) is 9.15. The Balaban J connectivity index is 1.67. The van der Waals surface area contributed by atoms with E-state index in [0.717, 1.165) is 16.8 Å². The van der Waals surface area contributed by atoms with E-state index in [2.05, 4.69) is 42.3 Å². The maximum absolute atomic E-state index is 11.9. The second-order valence-electron chi connectivity index (χ2n) is 7.47. The van der Waals surface area contributed by atoms with Gasteiger partial charge in [0.15, 0.2) is 6.61 Å². The molecule has 2 aromatic rings. The second kappa shape index (κ2) is 8.47. The number of hydrazone groups is 1. The number of nitrogens with zero attached hydrogens (tertiary/aromatic N) is 2. The molecule has 1 heterocycles. The molecular formula is C22H23Cl2N3O2. The van der Waals surface area contributed by atoms with Crippen LogP contribution in [0.1, 0.15) is 31.9 Å². The van der Waals surface area contributed by atoms with Gasteiger partial charge in [0.2, 0.25) is 0 Å². The third-order valence-electron chi connectivity index (χ3n) is 4.89. The lowest BCUT2D eigenvalue weighted by atomic mass is 9.88. The van der Waals surface area contributed by atoms with Crippen LogP contribution in [-0.2, 0) is 4.79 Å². The SMILES string of the molecule is CC1=CC(C)(C)N(C)c2cc(Cl)c(/C=N/NC(=O)COc3cccc(Cl)c3)cc21. The van der Waals surface area contributed by atoms with Crippen molar-refractivity contribution < 1.29 is 9.53 Å². The normalized spacial score (nSPS) is 15.1. The van der Waals surface area contributed by atoms with Crippen molar-refractivity contribution in [3.05, 3.63) is 63.6 Å². The molecule has 0 aliphatic carbocycles. The molecule has 0 atom stereocenters. The van der Waals surface area contributed by atoms with Crippen molar-refractivity contribution >= 4 is 46.6 Å². The molecule has 1 amide bonds. The number of amides is 1. The van der Waals surface area contributed by atoms with E-state index in [1.54, 1.807) is 24.3 Å². The Hall–Kier alpha value is -2.50. The van der Waals surface area contributed by atoms with Gasteiger partial charge in [-0.15, -0.1) is 0 Å². The Labute approximate surface area is 180 Å². The molecule has 29 heavy (non-hydrogen) atoms. The lowest BCUT2D eigenvalue weighted by Crippen LogP contribution is -2.42. The molecule has 7 heteroatoms. The summed E-state index contributed by atoms with van der Waals surface area (Å²) < 4.78 is 5.39. The van der Waals surface area contributed by atoms with Gasteiger partial charge in [-0.25, -0.2) is 5.43 Å². The average molecular weight is 432 g/mol. The Morgan fingerprint density at radius 1 is 1.28 bits per heavy atom. The third-order valence-corrected chi connectivity index (χ3v) is 5.46. The van der Waals surface area contributed by atoms with Crippen LogP contribution in [0.15, 0.2) is 47.6 Å². The number of hydrogen-bond donors (Lipinski definition) is 1. The summed E-state index contributed by atoms with van der Waals surface area (Å²) in [5.41, 5.74) is 6.41. The number of benzene rings is 2. The summed E-state index contributed by atoms with van der Waals surface area (Å²) in [4.78, 5) is 14.1. The molecule has 1 aliphatic rings. The Bertz CT molecular complexity index is 1000. The standard InChI is InChI=1S/C22H23Cl2N3O2/c1-14-11-22(2,3)27(4)20-10-19(24)15(8-18(14)20)12-25-26-21(28)13-29-17-7-5-6-16(23)9-17/h5-12H,13H2,1-4H3,(H,26,28)/b25-12+. The first kappa shape index (κ1) is 21.2. The first-order chi connectivity index (χ1) is 13.7. The van der Waals surface area contributed by atoms with Crippen LogP contribution in [0.2, 0.25) is 10.0 Å². The number of nitrogens with one attached hydrogen (secondary N) is 1. The number of anilines is 1. The summed E-state index contributed by atoms with van der Waals surface area (Å²) in [6.45, 7) is 6.22. The molecule has 1 N–H and O–H groups in total. The fourth-order valence-corrected chi connectivity index (χ4v) is 3.59. The van der Waals surface area contributed by atoms with Gasteiger partial charge >= 0.3 is 0 Å². The van der Waals surface area contributed by atoms with E-state index < -0.39 is 0 Å². The predicted octanol–water partition coefficient (Wildman–Crippen LogP) is 5.15. The van der Waals surface area contributed by atoms with Crippen molar-refractivity contribution in [3.8, 4) is 5.75 Å². The number of carbonyl (C=O) groups excluding carboxylic acids is 1. The summed E-state index contributed by atoms with van der Waals surface area (Å²) in [5, 5.41) is 5.11. The van der Waals surface area contributed by atoms with Crippen LogP contribution < -0.4 is 15.1 Å². The van der Waals surface area contributed by atoms with Gasteiger partial charge < -0.3 is 9.64 Å². The number of likely N-dealkylation sites (N-methyl/N-ethyl adjacent to an activating group) is 1. The minimum Gasteiger partial charge on any atom is -0.484 e. The van der Waals surface area contributed by atoms with Gasteiger partial charge in [0, 0.05) is 28.9 Å². The summed E-state index contributed by atoms with van der Waals surface area (Å²) in [6, 6.07) is 10.8. The van der Waals surface area contributed by atoms with Gasteiger partial charge in [0.25, 0.3) is 5.91 Å². The second-order valence-corrected chi connectivity index (χ2v) is 8.31. The van der Waals surface area contributed by atoms with Gasteiger partial charge in [0.05, 0.1) is 16.8 Å². The number of fused-ring (bicyclic) bond motifs is 1. The zero-order chi connectivity index (χ0) is 21.2. The summed E-state index contributed by atoms with van der Waals surface area (Å²) >= 11 is 12.3. The molecule has 0 aromatic heterocycles. The Kier molecular flexibility index (Phi) is 6.20. The monoisotopic (exact) mass is 431 g/mol. The Morgan fingerprint density at radius 3 is 2.76 bits per heavy atom. The molecule has 3 rings (SSSR count). The van der Waals surface area contributed by atoms with Crippen LogP contribution in [0.5, 0.6) is 5.75 Å². The molecule has 152 valence electrons. The highest BCUT2D eigenvalue weighted by molar-refractivity contribution is 6.33. The van der Waals surface area contributed by atoms with Crippen molar-refractivity contribution in [1.82, 2.24) is 5.43 Å². The highest BCUT2D eigenvalue weighted by Crippen LogP contribution is 2.40. The minimum absolute atomic E-state index is 0.0903. The lowest BCUT2D eigenvalue weighted by molar-refractivity contribution is -0.123. The molecule has 0 spiro atoms. The molecule has 0 radical (unpaired) electrons. The van der Waals surface area contributed by atoms with E-state index in [-0.39, 0.29) is 18.1 Å². The highest BCUT2D eigenvalue weighted by Gasteiger charge is 2.29. The fraction of sp³-hybridized carbons (Fsp3) is 0.273. The van der Waals surface area contributed by atoms with Crippen molar-refractivity contribution in [2.75, 3.05) is 18.6 Å². The fourth-order valence-electron chi connectivity index (χ4n) is 3.20. The van der Waals surface area contributed by atoms with Crippen LogP contribution in [0.4, 0.5) is 5.69 Å². The maximum atomic E-state index is 11.9. The molecule has 0 saturated heterocycles. The van der Waals surface area contributed by atoms with Crippen molar-refractivity contribution in [1.29, 1.82) is 0 Å². The molecule has 1 aliphatic heterocycles. The van der Waals surface area contributed by atoms with Crippen molar-refractivity contribution in [2.45, 2.75) is 26.3 Å². The molecule has 0 bridgehead atoms. The average Bonchev–Trinajstić information content (AvgIpc) is 2.65. The first-order valence-corrected chi connectivity index (χ1v) is 9.90. The summed E-state index contributed by atoms with van der Waals surface area (Å²) in [6.07, 6.45) is 3.76. The molecule has 0 unspecified atom stereocenters. The van der Waals surface area contributed by atoms with E-state index in [9.17, 15) is 4.79 Å². The summed E-state index contributed by atoms with van der Waals surface area (Å²) in [7, 11) is 2.05. The van der Waals surface area contributed by atoms with Crippen molar-refractivity contribution in [2.24, 2.45) is 5.10 Å². The smallest absolute Gasteiger partial charge is 0.277 e. The third kappa shape index (κ3) is 4.92. The van der Waals surface area contributed by atoms with Crippen LogP contribution >= 0.6 is 23.2 Å². The zero-order valence-electron chi connectivity index (χ0n) is 16.8. The van der Waals surface area contributed by atoms with Gasteiger partial charge in [0.1, 0.15) is 5.75 Å². The molecular weight excluding hydrogens is 409 g/mol. The van der Waals surface area contributed by atoms with Crippen LogP contribution in [0.3, 0.4) is 0 Å². The zero-order valence-corrected chi connectivity index (χ0v) is 18.3. The largest absolute Gasteiger partial charge is 0.484 e. The van der Waals surface area contributed by atoms with E-state index in [1.807, 2.05) is 19.2 Å². The quantitative estimate of drug-likeness (QED) is 0.525. The predicted molar refractivity (Wildman–Crippen MR) is 120 cm³/mol. The van der Waals surface area contributed by atoms with Gasteiger partial charge in [-0.1, -0.05) is 35.3 Å². The van der Waals surface area contributed by atoms with Gasteiger partial charge in [-0.3, -0.25) is 4.79 Å². The number of rotatable bonds is 5. The van der Waals surface area contributed by atoms with E-state index in [1.165, 1.54) is 11.8 Å². The Morgan fingerprint density at radius 2 is 2.03 bits per heavy atom. The van der Waals surface area contributed by atoms with Gasteiger partial charge in [-0.05, 0) is 56.7 Å². The number of ether oxygens (including phenoxy) is 1. The lowest BCUT2D eigenvalue weighted by Gasteiger charge is -2.40. The highest BCUT2D eigenvalue weighted by atomic mass is 35.5. The summed E-state index contributed by atoms with van der Waals surface area (Å²) in [5.74, 6) is 0.136. The topological polar surface area (TPSA) is 53.9 Å². The van der Waals surface area contributed by atoms with Gasteiger partial charge in [-0.2, -0.15) is 5.10 Å². The molecule has 0 fully saturated rings. The van der Waals surface area contributed by atoms with E-state index in [0.29, 0.717) is 15.8 Å². The van der Waals surface area contributed by atoms with Crippen LogP contribution in [0, 0.1) is 0 Å².